The maximum absolute atomic E-state index is 13.4. The molecular weight excluding hydrogens is 366 g/mol. The van der Waals surface area contributed by atoms with E-state index in [1.807, 2.05) is 35.0 Å². The molecule has 0 aliphatic carbocycles. The molecule has 0 saturated carbocycles. The highest BCUT2D eigenvalue weighted by molar-refractivity contribution is 7.89. The van der Waals surface area contributed by atoms with E-state index in [2.05, 4.69) is 6.07 Å². The lowest BCUT2D eigenvalue weighted by molar-refractivity contribution is 0.344. The van der Waals surface area contributed by atoms with Crippen molar-refractivity contribution in [2.45, 2.75) is 17.4 Å². The van der Waals surface area contributed by atoms with Gasteiger partial charge >= 0.3 is 0 Å². The van der Waals surface area contributed by atoms with Gasteiger partial charge in [0.25, 0.3) is 0 Å². The monoisotopic (exact) mass is 385 g/mol. The van der Waals surface area contributed by atoms with Crippen molar-refractivity contribution in [2.75, 3.05) is 13.7 Å². The molecule has 2 heterocycles. The molecule has 1 aliphatic heterocycles. The number of hydrogen-bond donors (Lipinski definition) is 0. The molecule has 1 atom stereocenters. The van der Waals surface area contributed by atoms with Crippen LogP contribution in [0.5, 0.6) is 5.75 Å². The Morgan fingerprint density at radius 2 is 1.85 bits per heavy atom. The van der Waals surface area contributed by atoms with E-state index in [1.54, 1.807) is 47.0 Å². The molecule has 2 aromatic carbocycles. The van der Waals surface area contributed by atoms with E-state index >= 15 is 0 Å². The van der Waals surface area contributed by atoms with Gasteiger partial charge in [0.05, 0.1) is 18.0 Å². The summed E-state index contributed by atoms with van der Waals surface area (Å²) in [5.74, 6) is 0.641. The summed E-state index contributed by atoms with van der Waals surface area (Å²) in [6.45, 7) is 0.464. The highest BCUT2D eigenvalue weighted by atomic mass is 32.2. The molecule has 134 valence electrons. The van der Waals surface area contributed by atoms with Crippen molar-refractivity contribution in [1.82, 2.24) is 4.31 Å². The van der Waals surface area contributed by atoms with E-state index in [9.17, 15) is 8.42 Å². The van der Waals surface area contributed by atoms with Gasteiger partial charge in [0.1, 0.15) is 5.75 Å². The van der Waals surface area contributed by atoms with Gasteiger partial charge in [-0.15, -0.1) is 0 Å². The van der Waals surface area contributed by atoms with Crippen LogP contribution in [0, 0.1) is 0 Å². The molecule has 0 saturated heterocycles. The number of rotatable bonds is 4. The van der Waals surface area contributed by atoms with Gasteiger partial charge in [-0.25, -0.2) is 8.42 Å². The Balaban J connectivity index is 1.81. The van der Waals surface area contributed by atoms with Gasteiger partial charge in [0.15, 0.2) is 0 Å². The molecule has 0 N–H and O–H groups in total. The third-order valence-electron chi connectivity index (χ3n) is 4.76. The second-order valence-electron chi connectivity index (χ2n) is 6.20. The number of hydrogen-bond acceptors (Lipinski definition) is 4. The fraction of sp³-hybridized carbons (Fsp3) is 0.200. The number of methoxy groups -OCH3 is 1. The Bertz CT molecular complexity index is 996. The number of benzene rings is 2. The minimum absolute atomic E-state index is 0.290. The van der Waals surface area contributed by atoms with Crippen LogP contribution in [0.25, 0.3) is 0 Å². The van der Waals surface area contributed by atoms with E-state index < -0.39 is 10.0 Å². The van der Waals surface area contributed by atoms with Crippen LogP contribution in [0.3, 0.4) is 0 Å². The normalized spacial score (nSPS) is 17.7. The molecule has 1 unspecified atom stereocenters. The van der Waals surface area contributed by atoms with Crippen molar-refractivity contribution in [3.63, 3.8) is 0 Å². The number of ether oxygens (including phenoxy) is 1. The summed E-state index contributed by atoms with van der Waals surface area (Å²) in [5, 5.41) is 4.02. The smallest absolute Gasteiger partial charge is 0.243 e. The standard InChI is InChI=1S/C20H19NO3S2/c1-24-17-6-8-18(9-7-17)26(22,23)21-12-10-15-4-2-3-5-19(15)20(21)16-11-13-25-14-16/h2-9,11,13-14,20H,10,12H2,1H3. The Morgan fingerprint density at radius 1 is 1.08 bits per heavy atom. The van der Waals surface area contributed by atoms with Crippen LogP contribution in [0.1, 0.15) is 22.7 Å². The molecule has 1 aliphatic rings. The predicted octanol–water partition coefficient (Wildman–Crippen LogP) is 4.09. The van der Waals surface area contributed by atoms with E-state index in [-0.39, 0.29) is 10.9 Å². The summed E-state index contributed by atoms with van der Waals surface area (Å²) < 4.78 is 33.6. The van der Waals surface area contributed by atoms with Crippen LogP contribution in [0.2, 0.25) is 0 Å². The SMILES string of the molecule is COc1ccc(S(=O)(=O)N2CCc3ccccc3C2c2ccsc2)cc1. The number of nitrogens with zero attached hydrogens (tertiary/aromatic N) is 1. The number of fused-ring (bicyclic) bond motifs is 1. The van der Waals surface area contributed by atoms with Crippen LogP contribution in [0.4, 0.5) is 0 Å². The molecule has 6 heteroatoms. The minimum atomic E-state index is -3.62. The van der Waals surface area contributed by atoms with E-state index in [0.717, 1.165) is 11.1 Å². The zero-order chi connectivity index (χ0) is 18.1. The first-order chi connectivity index (χ1) is 12.6. The maximum Gasteiger partial charge on any atom is 0.243 e. The summed E-state index contributed by atoms with van der Waals surface area (Å²) in [5.41, 5.74) is 3.29. The van der Waals surface area contributed by atoms with Gasteiger partial charge in [-0.05, 0) is 64.2 Å². The average Bonchev–Trinajstić information content (AvgIpc) is 3.21. The van der Waals surface area contributed by atoms with Crippen LogP contribution in [-0.4, -0.2) is 26.4 Å². The molecule has 0 bridgehead atoms. The largest absolute Gasteiger partial charge is 0.497 e. The molecule has 26 heavy (non-hydrogen) atoms. The first kappa shape index (κ1) is 17.3. The van der Waals surface area contributed by atoms with Crippen LogP contribution in [-0.2, 0) is 16.4 Å². The van der Waals surface area contributed by atoms with Gasteiger partial charge in [-0.2, -0.15) is 15.6 Å². The molecule has 0 radical (unpaired) electrons. The summed E-state index contributed by atoms with van der Waals surface area (Å²) in [6, 6.07) is 16.4. The van der Waals surface area contributed by atoms with Crippen molar-refractivity contribution in [3.8, 4) is 5.75 Å². The molecule has 1 aromatic heterocycles. The lowest BCUT2D eigenvalue weighted by Crippen LogP contribution is -2.40. The van der Waals surface area contributed by atoms with E-state index in [4.69, 9.17) is 4.74 Å². The Labute approximate surface area is 157 Å². The van der Waals surface area contributed by atoms with Gasteiger partial charge in [-0.1, -0.05) is 24.3 Å². The molecule has 4 nitrogen and oxygen atoms in total. The third kappa shape index (κ3) is 2.94. The fourth-order valence-electron chi connectivity index (χ4n) is 3.46. The zero-order valence-electron chi connectivity index (χ0n) is 14.3. The molecule has 0 spiro atoms. The zero-order valence-corrected chi connectivity index (χ0v) is 16.0. The second-order valence-corrected chi connectivity index (χ2v) is 8.87. The Kier molecular flexibility index (Phi) is 4.56. The van der Waals surface area contributed by atoms with Crippen molar-refractivity contribution in [1.29, 1.82) is 0 Å². The summed E-state index contributed by atoms with van der Waals surface area (Å²) in [4.78, 5) is 0.290. The minimum Gasteiger partial charge on any atom is -0.497 e. The number of thiophene rings is 1. The van der Waals surface area contributed by atoms with E-state index in [0.29, 0.717) is 18.7 Å². The number of sulfonamides is 1. The summed E-state index contributed by atoms with van der Waals surface area (Å²) >= 11 is 1.58. The Morgan fingerprint density at radius 3 is 2.54 bits per heavy atom. The highest BCUT2D eigenvalue weighted by Crippen LogP contribution is 2.39. The molecule has 4 rings (SSSR count). The van der Waals surface area contributed by atoms with Gasteiger partial charge < -0.3 is 4.74 Å². The van der Waals surface area contributed by atoms with Crippen LogP contribution in [0.15, 0.2) is 70.3 Å². The van der Waals surface area contributed by atoms with Crippen molar-refractivity contribution in [3.05, 3.63) is 82.0 Å². The third-order valence-corrected chi connectivity index (χ3v) is 7.34. The molecule has 0 amide bonds. The van der Waals surface area contributed by atoms with Crippen molar-refractivity contribution >= 4 is 21.4 Å². The molecular formula is C20H19NO3S2. The average molecular weight is 386 g/mol. The van der Waals surface area contributed by atoms with Crippen molar-refractivity contribution in [2.24, 2.45) is 0 Å². The van der Waals surface area contributed by atoms with E-state index in [1.165, 1.54) is 5.56 Å². The summed E-state index contributed by atoms with van der Waals surface area (Å²) in [7, 11) is -2.06. The molecule has 0 fully saturated rings. The quantitative estimate of drug-likeness (QED) is 0.679. The highest BCUT2D eigenvalue weighted by Gasteiger charge is 2.37. The predicted molar refractivity (Wildman–Crippen MR) is 103 cm³/mol. The lowest BCUT2D eigenvalue weighted by Gasteiger charge is -2.36. The maximum atomic E-state index is 13.4. The first-order valence-corrected chi connectivity index (χ1v) is 10.8. The first-order valence-electron chi connectivity index (χ1n) is 8.37. The van der Waals surface area contributed by atoms with Gasteiger partial charge in [0.2, 0.25) is 10.0 Å². The topological polar surface area (TPSA) is 46.6 Å². The van der Waals surface area contributed by atoms with Crippen molar-refractivity contribution < 1.29 is 13.2 Å². The summed E-state index contributed by atoms with van der Waals surface area (Å²) in [6.07, 6.45) is 0.714. The van der Waals surface area contributed by atoms with Gasteiger partial charge in [-0.3, -0.25) is 0 Å². The van der Waals surface area contributed by atoms with Gasteiger partial charge in [0, 0.05) is 6.54 Å². The Hall–Kier alpha value is -2.15. The molecule has 3 aromatic rings. The van der Waals surface area contributed by atoms with Crippen LogP contribution < -0.4 is 4.74 Å². The van der Waals surface area contributed by atoms with Crippen LogP contribution >= 0.6 is 11.3 Å². The lowest BCUT2D eigenvalue weighted by atomic mass is 9.91. The fourth-order valence-corrected chi connectivity index (χ4v) is 5.74. The second kappa shape index (κ2) is 6.87.